The van der Waals surface area contributed by atoms with Crippen LogP contribution in [0.1, 0.15) is 22.3 Å². The summed E-state index contributed by atoms with van der Waals surface area (Å²) in [5.74, 6) is 0. The number of hydrogen-bond acceptors (Lipinski definition) is 0. The Labute approximate surface area is 228 Å². The van der Waals surface area contributed by atoms with Crippen molar-refractivity contribution < 1.29 is 0 Å². The molecule has 182 valence electrons. The zero-order valence-electron chi connectivity index (χ0n) is 21.5. The maximum atomic E-state index is 2.41. The molecule has 39 heavy (non-hydrogen) atoms. The average Bonchev–Trinajstić information content (AvgIpc) is 3.31. The SMILES string of the molecule is c1ccc(C2(c3cccc(-c4ccc5cc6ccccc6cc5c4)c3)c3ccccc3-c3ccccc32)cc1. The van der Waals surface area contributed by atoms with Crippen molar-refractivity contribution in [1.29, 1.82) is 0 Å². The van der Waals surface area contributed by atoms with E-state index in [1.54, 1.807) is 0 Å². The molecule has 0 saturated heterocycles. The summed E-state index contributed by atoms with van der Waals surface area (Å²) in [5.41, 5.74) is 10.0. The first kappa shape index (κ1) is 22.1. The Morgan fingerprint density at radius 1 is 0.308 bits per heavy atom. The summed E-state index contributed by atoms with van der Waals surface area (Å²) < 4.78 is 0. The fourth-order valence-electron chi connectivity index (χ4n) is 6.76. The van der Waals surface area contributed by atoms with Crippen molar-refractivity contribution in [2.45, 2.75) is 5.41 Å². The summed E-state index contributed by atoms with van der Waals surface area (Å²) in [4.78, 5) is 0. The van der Waals surface area contributed by atoms with Gasteiger partial charge >= 0.3 is 0 Å². The Bertz CT molecular complexity index is 1970. The van der Waals surface area contributed by atoms with Crippen LogP contribution in [0.3, 0.4) is 0 Å². The fourth-order valence-corrected chi connectivity index (χ4v) is 6.76. The molecule has 0 heteroatoms. The van der Waals surface area contributed by atoms with E-state index < -0.39 is 0 Å². The first-order valence-electron chi connectivity index (χ1n) is 13.6. The smallest absolute Gasteiger partial charge is 0.0622 e. The molecule has 0 atom stereocenters. The molecule has 1 aliphatic carbocycles. The van der Waals surface area contributed by atoms with E-state index in [9.17, 15) is 0 Å². The Kier molecular flexibility index (Phi) is 4.84. The molecule has 0 spiro atoms. The normalized spacial score (nSPS) is 13.3. The number of fused-ring (bicyclic) bond motifs is 5. The summed E-state index contributed by atoms with van der Waals surface area (Å²) in [5, 5.41) is 5.10. The molecule has 0 unspecified atom stereocenters. The Morgan fingerprint density at radius 3 is 1.56 bits per heavy atom. The van der Waals surface area contributed by atoms with Crippen molar-refractivity contribution in [3.8, 4) is 22.3 Å². The highest BCUT2D eigenvalue weighted by Crippen LogP contribution is 2.56. The minimum atomic E-state index is -0.377. The maximum absolute atomic E-state index is 2.41. The summed E-state index contributed by atoms with van der Waals surface area (Å²) in [6, 6.07) is 58.1. The summed E-state index contributed by atoms with van der Waals surface area (Å²) >= 11 is 0. The van der Waals surface area contributed by atoms with Gasteiger partial charge in [-0.2, -0.15) is 0 Å². The van der Waals surface area contributed by atoms with Crippen LogP contribution in [0.25, 0.3) is 43.8 Å². The second kappa shape index (κ2) is 8.55. The van der Waals surface area contributed by atoms with Crippen molar-refractivity contribution in [3.63, 3.8) is 0 Å². The quantitative estimate of drug-likeness (QED) is 0.214. The molecule has 0 amide bonds. The molecule has 0 N–H and O–H groups in total. The zero-order valence-corrected chi connectivity index (χ0v) is 21.5. The monoisotopic (exact) mass is 494 g/mol. The van der Waals surface area contributed by atoms with Gasteiger partial charge in [0.25, 0.3) is 0 Å². The topological polar surface area (TPSA) is 0 Å². The number of benzene rings is 7. The zero-order chi connectivity index (χ0) is 25.8. The average molecular weight is 495 g/mol. The van der Waals surface area contributed by atoms with Gasteiger partial charge in [0.2, 0.25) is 0 Å². The molecule has 0 bridgehead atoms. The Morgan fingerprint density at radius 2 is 0.846 bits per heavy atom. The number of rotatable bonds is 3. The van der Waals surface area contributed by atoms with Crippen molar-refractivity contribution in [2.75, 3.05) is 0 Å². The van der Waals surface area contributed by atoms with Gasteiger partial charge in [-0.3, -0.25) is 0 Å². The Balaban J connectivity index is 1.37. The first-order chi connectivity index (χ1) is 19.3. The standard InChI is InChI=1S/C39H26/c1-2-14-33(15-3-1)39(37-19-8-6-17-35(37)36-18-7-9-20-38(36)39)34-16-10-13-29(26-34)30-21-22-31-23-27-11-4-5-12-28(27)24-32(31)25-30/h1-26H. The highest BCUT2D eigenvalue weighted by molar-refractivity contribution is 5.99. The van der Waals surface area contributed by atoms with E-state index in [-0.39, 0.29) is 5.41 Å². The minimum Gasteiger partial charge on any atom is -0.0622 e. The molecule has 7 aromatic rings. The van der Waals surface area contributed by atoms with Crippen LogP contribution in [0.4, 0.5) is 0 Å². The molecule has 0 heterocycles. The molecule has 0 aromatic heterocycles. The van der Waals surface area contributed by atoms with Crippen LogP contribution in [0, 0.1) is 0 Å². The lowest BCUT2D eigenvalue weighted by Crippen LogP contribution is -2.28. The van der Waals surface area contributed by atoms with Gasteiger partial charge in [0.1, 0.15) is 0 Å². The molecule has 0 saturated carbocycles. The summed E-state index contributed by atoms with van der Waals surface area (Å²) in [7, 11) is 0. The van der Waals surface area contributed by atoms with Crippen molar-refractivity contribution >= 4 is 21.5 Å². The Hall–Kier alpha value is -4.94. The fraction of sp³-hybridized carbons (Fsp3) is 0.0256. The van der Waals surface area contributed by atoms with Gasteiger partial charge in [-0.15, -0.1) is 0 Å². The molecular formula is C39H26. The summed E-state index contributed by atoms with van der Waals surface area (Å²) in [6.45, 7) is 0. The number of hydrogen-bond donors (Lipinski definition) is 0. The molecular weight excluding hydrogens is 468 g/mol. The lowest BCUT2D eigenvalue weighted by molar-refractivity contribution is 0.769. The van der Waals surface area contributed by atoms with Gasteiger partial charge in [-0.1, -0.05) is 133 Å². The van der Waals surface area contributed by atoms with E-state index in [4.69, 9.17) is 0 Å². The predicted octanol–water partition coefficient (Wildman–Crippen LogP) is 10.0. The third-order valence-corrected chi connectivity index (χ3v) is 8.49. The van der Waals surface area contributed by atoms with Crippen LogP contribution >= 0.6 is 0 Å². The van der Waals surface area contributed by atoms with Crippen LogP contribution in [0.5, 0.6) is 0 Å². The highest BCUT2D eigenvalue weighted by Gasteiger charge is 2.45. The molecule has 7 aromatic carbocycles. The van der Waals surface area contributed by atoms with Crippen LogP contribution in [-0.4, -0.2) is 0 Å². The highest BCUT2D eigenvalue weighted by atomic mass is 14.5. The van der Waals surface area contributed by atoms with Gasteiger partial charge in [0, 0.05) is 0 Å². The largest absolute Gasteiger partial charge is 0.0713 e. The van der Waals surface area contributed by atoms with Gasteiger partial charge in [-0.05, 0) is 90.3 Å². The van der Waals surface area contributed by atoms with Gasteiger partial charge in [-0.25, -0.2) is 0 Å². The van der Waals surface area contributed by atoms with E-state index in [1.165, 1.54) is 66.1 Å². The third-order valence-electron chi connectivity index (χ3n) is 8.49. The van der Waals surface area contributed by atoms with Crippen LogP contribution in [-0.2, 0) is 5.41 Å². The van der Waals surface area contributed by atoms with Crippen LogP contribution in [0.15, 0.2) is 158 Å². The molecule has 0 fully saturated rings. The second-order valence-corrected chi connectivity index (χ2v) is 10.5. The van der Waals surface area contributed by atoms with Crippen LogP contribution in [0.2, 0.25) is 0 Å². The van der Waals surface area contributed by atoms with Gasteiger partial charge in [0.15, 0.2) is 0 Å². The van der Waals surface area contributed by atoms with E-state index in [1.807, 2.05) is 0 Å². The van der Waals surface area contributed by atoms with Crippen molar-refractivity contribution in [3.05, 3.63) is 180 Å². The van der Waals surface area contributed by atoms with Crippen LogP contribution < -0.4 is 0 Å². The van der Waals surface area contributed by atoms with E-state index in [0.717, 1.165) is 0 Å². The molecule has 0 radical (unpaired) electrons. The third kappa shape index (κ3) is 3.25. The lowest BCUT2D eigenvalue weighted by atomic mass is 9.67. The second-order valence-electron chi connectivity index (χ2n) is 10.5. The first-order valence-corrected chi connectivity index (χ1v) is 13.6. The van der Waals surface area contributed by atoms with E-state index in [2.05, 4.69) is 158 Å². The van der Waals surface area contributed by atoms with Crippen molar-refractivity contribution in [1.82, 2.24) is 0 Å². The molecule has 0 nitrogen and oxygen atoms in total. The lowest BCUT2D eigenvalue weighted by Gasteiger charge is -2.34. The maximum Gasteiger partial charge on any atom is 0.0713 e. The predicted molar refractivity (Wildman–Crippen MR) is 164 cm³/mol. The molecule has 8 rings (SSSR count). The van der Waals surface area contributed by atoms with E-state index >= 15 is 0 Å². The van der Waals surface area contributed by atoms with E-state index in [0.29, 0.717) is 0 Å². The van der Waals surface area contributed by atoms with Crippen molar-refractivity contribution in [2.24, 2.45) is 0 Å². The van der Waals surface area contributed by atoms with Gasteiger partial charge in [0.05, 0.1) is 5.41 Å². The molecule has 0 aliphatic heterocycles. The summed E-state index contributed by atoms with van der Waals surface area (Å²) in [6.07, 6.45) is 0. The minimum absolute atomic E-state index is 0.377. The van der Waals surface area contributed by atoms with Gasteiger partial charge < -0.3 is 0 Å². The molecule has 1 aliphatic rings.